The van der Waals surface area contributed by atoms with Crippen LogP contribution >= 0.6 is 0 Å². The molecule has 8 heteroatoms. The number of carbonyl (C=O) groups is 1. The van der Waals surface area contributed by atoms with Gasteiger partial charge in [0, 0.05) is 37.8 Å². The van der Waals surface area contributed by atoms with Crippen molar-refractivity contribution in [2.24, 2.45) is 0 Å². The van der Waals surface area contributed by atoms with E-state index >= 15 is 0 Å². The maximum Gasteiger partial charge on any atom is 0.343 e. The third-order valence-electron chi connectivity index (χ3n) is 3.83. The fourth-order valence-electron chi connectivity index (χ4n) is 2.95. The summed E-state index contributed by atoms with van der Waals surface area (Å²) in [4.78, 5) is 24.2. The minimum absolute atomic E-state index is 0.0659. The smallest absolute Gasteiger partial charge is 0.343 e. The van der Waals surface area contributed by atoms with Crippen LogP contribution in [0.4, 0.5) is 5.69 Å². The fraction of sp³-hybridized carbons (Fsp3) is 0.562. The summed E-state index contributed by atoms with van der Waals surface area (Å²) < 4.78 is 9.66. The molecule has 0 amide bonds. The van der Waals surface area contributed by atoms with Gasteiger partial charge in [-0.25, -0.2) is 4.79 Å². The zero-order valence-electron chi connectivity index (χ0n) is 14.2. The molecule has 0 spiro atoms. The van der Waals surface area contributed by atoms with E-state index in [1.165, 1.54) is 19.2 Å². The first-order valence-electron chi connectivity index (χ1n) is 7.84. The summed E-state index contributed by atoms with van der Waals surface area (Å²) in [6.07, 6.45) is 0. The Morgan fingerprint density at radius 3 is 2.62 bits per heavy atom. The molecule has 1 aromatic carbocycles. The monoisotopic (exact) mass is 337 g/mol. The maximum absolute atomic E-state index is 11.3. The highest BCUT2D eigenvalue weighted by Crippen LogP contribution is 2.28. The number of methoxy groups -OCH3 is 1. The molecule has 0 radical (unpaired) electrons. The van der Waals surface area contributed by atoms with Crippen LogP contribution in [0, 0.1) is 10.1 Å². The van der Waals surface area contributed by atoms with Crippen molar-refractivity contribution in [2.75, 3.05) is 26.8 Å². The number of nitrogens with zero attached hydrogens (tertiary/aromatic N) is 2. The van der Waals surface area contributed by atoms with Gasteiger partial charge >= 0.3 is 11.7 Å². The quantitative estimate of drug-likeness (QED) is 0.475. The predicted octanol–water partition coefficient (Wildman–Crippen LogP) is 1.33. The molecule has 1 N–H and O–H groups in total. The zero-order valence-corrected chi connectivity index (χ0v) is 14.2. The average Bonchev–Trinajstić information content (AvgIpc) is 2.52. The van der Waals surface area contributed by atoms with Gasteiger partial charge < -0.3 is 14.8 Å². The van der Waals surface area contributed by atoms with E-state index in [4.69, 9.17) is 4.74 Å². The number of esters is 1. The van der Waals surface area contributed by atoms with E-state index in [0.717, 1.165) is 18.7 Å². The number of hydrogen-bond donors (Lipinski definition) is 1. The summed E-state index contributed by atoms with van der Waals surface area (Å²) in [5.74, 6) is -0.520. The third-order valence-corrected chi connectivity index (χ3v) is 3.83. The van der Waals surface area contributed by atoms with E-state index in [1.807, 2.05) is 0 Å². The molecule has 0 aromatic heterocycles. The van der Waals surface area contributed by atoms with Gasteiger partial charge in [-0.2, -0.15) is 0 Å². The van der Waals surface area contributed by atoms with E-state index in [2.05, 4.69) is 28.8 Å². The molecule has 2 atom stereocenters. The second-order valence-corrected chi connectivity index (χ2v) is 6.09. The van der Waals surface area contributed by atoms with Crippen molar-refractivity contribution in [3.8, 4) is 5.75 Å². The highest BCUT2D eigenvalue weighted by Gasteiger charge is 2.22. The van der Waals surface area contributed by atoms with Gasteiger partial charge in [-0.3, -0.25) is 15.0 Å². The van der Waals surface area contributed by atoms with Gasteiger partial charge in [0.1, 0.15) is 0 Å². The van der Waals surface area contributed by atoms with Gasteiger partial charge in [-0.15, -0.1) is 0 Å². The molecule has 24 heavy (non-hydrogen) atoms. The lowest BCUT2D eigenvalue weighted by molar-refractivity contribution is -0.385. The lowest BCUT2D eigenvalue weighted by atomic mass is 10.1. The van der Waals surface area contributed by atoms with Crippen molar-refractivity contribution in [3.63, 3.8) is 0 Å². The topological polar surface area (TPSA) is 93.9 Å². The summed E-state index contributed by atoms with van der Waals surface area (Å²) in [5.41, 5.74) is 0.695. The SMILES string of the molecule is COC(=O)COc1ccc(CN2CC(C)NC(C)C2)cc1[N+](=O)[O-]. The second kappa shape index (κ2) is 8.07. The number of nitrogens with one attached hydrogen (secondary N) is 1. The minimum Gasteiger partial charge on any atom is -0.475 e. The van der Waals surface area contributed by atoms with Crippen LogP contribution in [-0.4, -0.2) is 54.7 Å². The maximum atomic E-state index is 11.3. The number of piperazine rings is 1. The van der Waals surface area contributed by atoms with Gasteiger partial charge in [-0.1, -0.05) is 6.07 Å². The molecule has 1 aliphatic rings. The lowest BCUT2D eigenvalue weighted by Crippen LogP contribution is -2.53. The molecule has 1 fully saturated rings. The Hall–Kier alpha value is -2.19. The first-order chi connectivity index (χ1) is 11.4. The van der Waals surface area contributed by atoms with Crippen molar-refractivity contribution in [1.82, 2.24) is 10.2 Å². The van der Waals surface area contributed by atoms with E-state index in [-0.39, 0.29) is 18.0 Å². The Morgan fingerprint density at radius 1 is 1.38 bits per heavy atom. The third kappa shape index (κ3) is 4.90. The number of hydrogen-bond acceptors (Lipinski definition) is 7. The number of carbonyl (C=O) groups excluding carboxylic acids is 1. The fourth-order valence-corrected chi connectivity index (χ4v) is 2.95. The van der Waals surface area contributed by atoms with Crippen molar-refractivity contribution >= 4 is 11.7 Å². The molecule has 1 aliphatic heterocycles. The molecule has 1 heterocycles. The summed E-state index contributed by atoms with van der Waals surface area (Å²) in [5, 5.41) is 14.7. The first-order valence-corrected chi connectivity index (χ1v) is 7.84. The number of ether oxygens (including phenoxy) is 2. The predicted molar refractivity (Wildman–Crippen MR) is 87.9 cm³/mol. The van der Waals surface area contributed by atoms with E-state index in [1.54, 1.807) is 6.07 Å². The molecule has 132 valence electrons. The second-order valence-electron chi connectivity index (χ2n) is 6.09. The Morgan fingerprint density at radius 2 is 2.04 bits per heavy atom. The van der Waals surface area contributed by atoms with Gasteiger partial charge in [0.05, 0.1) is 12.0 Å². The molecule has 0 bridgehead atoms. The van der Waals surface area contributed by atoms with Crippen LogP contribution in [0.25, 0.3) is 0 Å². The summed E-state index contributed by atoms with van der Waals surface area (Å²) >= 11 is 0. The largest absolute Gasteiger partial charge is 0.475 e. The van der Waals surface area contributed by atoms with E-state index < -0.39 is 10.9 Å². The molecule has 1 saturated heterocycles. The van der Waals surface area contributed by atoms with Gasteiger partial charge in [-0.05, 0) is 25.5 Å². The van der Waals surface area contributed by atoms with Crippen LogP contribution in [0.2, 0.25) is 0 Å². The van der Waals surface area contributed by atoms with Gasteiger partial charge in [0.25, 0.3) is 0 Å². The molecule has 1 aromatic rings. The Bertz CT molecular complexity index is 597. The molecule has 0 aliphatic carbocycles. The summed E-state index contributed by atoms with van der Waals surface area (Å²) in [7, 11) is 1.23. The van der Waals surface area contributed by atoms with Crippen molar-refractivity contribution in [1.29, 1.82) is 0 Å². The van der Waals surface area contributed by atoms with Gasteiger partial charge in [0.2, 0.25) is 0 Å². The van der Waals surface area contributed by atoms with Crippen LogP contribution in [0.5, 0.6) is 5.75 Å². The zero-order chi connectivity index (χ0) is 17.7. The molecular formula is C16H23N3O5. The van der Waals surface area contributed by atoms with Gasteiger partial charge in [0.15, 0.2) is 12.4 Å². The minimum atomic E-state index is -0.586. The number of nitro groups is 1. The van der Waals surface area contributed by atoms with Crippen molar-refractivity contribution < 1.29 is 19.2 Å². The Balaban J connectivity index is 2.10. The van der Waals surface area contributed by atoms with Crippen molar-refractivity contribution in [2.45, 2.75) is 32.5 Å². The van der Waals surface area contributed by atoms with Crippen LogP contribution in [0.3, 0.4) is 0 Å². The molecular weight excluding hydrogens is 314 g/mol. The van der Waals surface area contributed by atoms with Crippen molar-refractivity contribution in [3.05, 3.63) is 33.9 Å². The highest BCUT2D eigenvalue weighted by molar-refractivity contribution is 5.71. The van der Waals surface area contributed by atoms with E-state index in [9.17, 15) is 14.9 Å². The standard InChI is InChI=1S/C16H23N3O5/c1-11-7-18(8-12(2)17-11)9-13-4-5-15(14(6-13)19(21)22)24-10-16(20)23-3/h4-6,11-12,17H,7-10H2,1-3H3. The number of benzene rings is 1. The Kier molecular flexibility index (Phi) is 6.10. The number of rotatable bonds is 6. The lowest BCUT2D eigenvalue weighted by Gasteiger charge is -2.36. The normalized spacial score (nSPS) is 21.3. The molecule has 2 unspecified atom stereocenters. The average molecular weight is 337 g/mol. The molecule has 0 saturated carbocycles. The van der Waals surface area contributed by atoms with Crippen LogP contribution < -0.4 is 10.1 Å². The Labute approximate surface area is 140 Å². The molecule has 8 nitrogen and oxygen atoms in total. The number of nitro benzene ring substituents is 1. The van der Waals surface area contributed by atoms with Crippen LogP contribution in [-0.2, 0) is 16.1 Å². The van der Waals surface area contributed by atoms with Crippen LogP contribution in [0.1, 0.15) is 19.4 Å². The highest BCUT2D eigenvalue weighted by atomic mass is 16.6. The molecule has 2 rings (SSSR count). The first kappa shape index (κ1) is 18.2. The van der Waals surface area contributed by atoms with Crippen LogP contribution in [0.15, 0.2) is 18.2 Å². The summed E-state index contributed by atoms with van der Waals surface area (Å²) in [6.45, 7) is 6.29. The van der Waals surface area contributed by atoms with E-state index in [0.29, 0.717) is 18.6 Å². The summed E-state index contributed by atoms with van der Waals surface area (Å²) in [6, 6.07) is 5.59.